The Bertz CT molecular complexity index is 758. The fraction of sp³-hybridized carbons (Fsp3) is 0.143. The summed E-state index contributed by atoms with van der Waals surface area (Å²) in [6.45, 7) is 3.91. The molecule has 2 aromatic carbocycles. The van der Waals surface area contributed by atoms with Gasteiger partial charge in [0.15, 0.2) is 0 Å². The van der Waals surface area contributed by atoms with Crippen LogP contribution in [0.5, 0.6) is 0 Å². The van der Waals surface area contributed by atoms with Gasteiger partial charge < -0.3 is 5.73 Å². The van der Waals surface area contributed by atoms with Crippen molar-refractivity contribution in [1.82, 2.24) is 0 Å². The van der Waals surface area contributed by atoms with E-state index in [-0.39, 0.29) is 4.90 Å². The number of nitrogens with two attached hydrogens (primary N) is 1. The Labute approximate surface area is 127 Å². The van der Waals surface area contributed by atoms with Crippen molar-refractivity contribution in [3.8, 4) is 0 Å². The first-order valence-electron chi connectivity index (χ1n) is 5.95. The topological polar surface area (TPSA) is 72.2 Å². The van der Waals surface area contributed by atoms with Crippen LogP contribution in [0.4, 0.5) is 11.4 Å². The third-order valence-electron chi connectivity index (χ3n) is 3.04. The van der Waals surface area contributed by atoms with Crippen LogP contribution in [0, 0.1) is 13.8 Å². The maximum absolute atomic E-state index is 12.3. The fourth-order valence-corrected chi connectivity index (χ4v) is 3.30. The number of rotatable bonds is 3. The molecule has 0 aliphatic rings. The summed E-state index contributed by atoms with van der Waals surface area (Å²) >= 11 is 3.23. The lowest BCUT2D eigenvalue weighted by molar-refractivity contribution is 0.601. The number of hydrogen-bond acceptors (Lipinski definition) is 3. The quantitative estimate of drug-likeness (QED) is 0.829. The Kier molecular flexibility index (Phi) is 4.06. The number of nitrogens with one attached hydrogen (secondary N) is 1. The van der Waals surface area contributed by atoms with Gasteiger partial charge in [0.2, 0.25) is 0 Å². The summed E-state index contributed by atoms with van der Waals surface area (Å²) in [7, 11) is -3.62. The van der Waals surface area contributed by atoms with Crippen molar-refractivity contribution >= 4 is 37.3 Å². The SMILES string of the molecule is Cc1ccc(NS(=O)(=O)c2ccc(N)c(Br)c2)cc1C. The second kappa shape index (κ2) is 5.46. The zero-order valence-corrected chi connectivity index (χ0v) is 13.5. The standard InChI is InChI=1S/C14H15BrN2O2S/c1-9-3-4-11(7-10(9)2)17-20(18,19)12-5-6-14(16)13(15)8-12/h3-8,17H,16H2,1-2H3. The van der Waals surface area contributed by atoms with Crippen LogP contribution in [0.2, 0.25) is 0 Å². The van der Waals surface area contributed by atoms with E-state index in [0.29, 0.717) is 15.8 Å². The van der Waals surface area contributed by atoms with E-state index < -0.39 is 10.0 Å². The lowest BCUT2D eigenvalue weighted by Crippen LogP contribution is -2.13. The first kappa shape index (κ1) is 14.9. The zero-order valence-electron chi connectivity index (χ0n) is 11.1. The number of benzene rings is 2. The van der Waals surface area contributed by atoms with Crippen LogP contribution in [0.1, 0.15) is 11.1 Å². The van der Waals surface area contributed by atoms with E-state index in [9.17, 15) is 8.42 Å². The van der Waals surface area contributed by atoms with Crippen molar-refractivity contribution in [2.75, 3.05) is 10.5 Å². The van der Waals surface area contributed by atoms with Gasteiger partial charge in [-0.25, -0.2) is 8.42 Å². The van der Waals surface area contributed by atoms with E-state index in [4.69, 9.17) is 5.73 Å². The minimum Gasteiger partial charge on any atom is -0.398 e. The molecular formula is C14H15BrN2O2S. The van der Waals surface area contributed by atoms with Crippen LogP contribution in [-0.2, 0) is 10.0 Å². The lowest BCUT2D eigenvalue weighted by atomic mass is 10.1. The Morgan fingerprint density at radius 1 is 1.05 bits per heavy atom. The molecule has 0 saturated carbocycles. The number of anilines is 2. The van der Waals surface area contributed by atoms with Gasteiger partial charge in [-0.15, -0.1) is 0 Å². The summed E-state index contributed by atoms with van der Waals surface area (Å²) in [5.41, 5.74) is 8.84. The smallest absolute Gasteiger partial charge is 0.261 e. The minimum atomic E-state index is -3.62. The predicted molar refractivity (Wildman–Crippen MR) is 85.3 cm³/mol. The molecule has 106 valence electrons. The van der Waals surface area contributed by atoms with Crippen LogP contribution in [0.15, 0.2) is 45.8 Å². The maximum Gasteiger partial charge on any atom is 0.261 e. The Morgan fingerprint density at radius 3 is 2.35 bits per heavy atom. The first-order chi connectivity index (χ1) is 9.29. The molecular weight excluding hydrogens is 340 g/mol. The molecule has 0 atom stereocenters. The second-order valence-electron chi connectivity index (χ2n) is 4.59. The van der Waals surface area contributed by atoms with Crippen LogP contribution in [-0.4, -0.2) is 8.42 Å². The summed E-state index contributed by atoms with van der Waals surface area (Å²) in [5, 5.41) is 0. The molecule has 6 heteroatoms. The molecule has 0 aliphatic heterocycles. The molecule has 0 saturated heterocycles. The van der Waals surface area contributed by atoms with Crippen molar-refractivity contribution in [3.63, 3.8) is 0 Å². The lowest BCUT2D eigenvalue weighted by Gasteiger charge is -2.10. The summed E-state index contributed by atoms with van der Waals surface area (Å²) in [4.78, 5) is 0.164. The summed E-state index contributed by atoms with van der Waals surface area (Å²) in [5.74, 6) is 0. The number of halogens is 1. The van der Waals surface area contributed by atoms with Crippen molar-refractivity contribution in [1.29, 1.82) is 0 Å². The Balaban J connectivity index is 2.35. The molecule has 2 aromatic rings. The molecule has 0 aromatic heterocycles. The average molecular weight is 355 g/mol. The van der Waals surface area contributed by atoms with Crippen LogP contribution < -0.4 is 10.5 Å². The number of sulfonamides is 1. The van der Waals surface area contributed by atoms with Crippen LogP contribution >= 0.6 is 15.9 Å². The van der Waals surface area contributed by atoms with Gasteiger partial charge in [-0.05, 0) is 71.2 Å². The molecule has 20 heavy (non-hydrogen) atoms. The number of nitrogen functional groups attached to an aromatic ring is 1. The zero-order chi connectivity index (χ0) is 14.9. The highest BCUT2D eigenvalue weighted by Gasteiger charge is 2.15. The van der Waals surface area contributed by atoms with E-state index >= 15 is 0 Å². The molecule has 3 N–H and O–H groups in total. The van der Waals surface area contributed by atoms with E-state index in [2.05, 4.69) is 20.7 Å². The minimum absolute atomic E-state index is 0.164. The van der Waals surface area contributed by atoms with Crippen molar-refractivity contribution in [3.05, 3.63) is 52.0 Å². The summed E-state index contributed by atoms with van der Waals surface area (Å²) < 4.78 is 27.7. The van der Waals surface area contributed by atoms with Gasteiger partial charge in [0.1, 0.15) is 0 Å². The molecule has 0 amide bonds. The third-order valence-corrected chi connectivity index (χ3v) is 5.11. The first-order valence-corrected chi connectivity index (χ1v) is 8.22. The van der Waals surface area contributed by atoms with Crippen molar-refractivity contribution in [2.45, 2.75) is 18.7 Å². The molecule has 0 unspecified atom stereocenters. The largest absolute Gasteiger partial charge is 0.398 e. The van der Waals surface area contributed by atoms with Gasteiger partial charge in [-0.3, -0.25) is 4.72 Å². The van der Waals surface area contributed by atoms with Crippen LogP contribution in [0.25, 0.3) is 0 Å². The van der Waals surface area contributed by atoms with Crippen molar-refractivity contribution in [2.24, 2.45) is 0 Å². The van der Waals surface area contributed by atoms with Gasteiger partial charge in [0.25, 0.3) is 10.0 Å². The van der Waals surface area contributed by atoms with Crippen LogP contribution in [0.3, 0.4) is 0 Å². The summed E-state index contributed by atoms with van der Waals surface area (Å²) in [6, 6.07) is 9.94. The van der Waals surface area contributed by atoms with E-state index in [1.54, 1.807) is 18.2 Å². The Hall–Kier alpha value is -1.53. The molecule has 0 radical (unpaired) electrons. The molecule has 0 heterocycles. The van der Waals surface area contributed by atoms with Gasteiger partial charge in [0.05, 0.1) is 4.90 Å². The van der Waals surface area contributed by atoms with E-state index in [1.165, 1.54) is 12.1 Å². The van der Waals surface area contributed by atoms with Gasteiger partial charge >= 0.3 is 0 Å². The maximum atomic E-state index is 12.3. The monoisotopic (exact) mass is 354 g/mol. The highest BCUT2D eigenvalue weighted by atomic mass is 79.9. The van der Waals surface area contributed by atoms with Gasteiger partial charge in [-0.2, -0.15) is 0 Å². The fourth-order valence-electron chi connectivity index (χ4n) is 1.69. The van der Waals surface area contributed by atoms with Crippen molar-refractivity contribution < 1.29 is 8.42 Å². The molecule has 0 bridgehead atoms. The molecule has 0 spiro atoms. The van der Waals surface area contributed by atoms with E-state index in [0.717, 1.165) is 11.1 Å². The van der Waals surface area contributed by atoms with E-state index in [1.807, 2.05) is 19.9 Å². The normalized spacial score (nSPS) is 11.3. The number of hydrogen-bond donors (Lipinski definition) is 2. The average Bonchev–Trinajstić information content (AvgIpc) is 2.37. The number of aryl methyl sites for hydroxylation is 2. The molecule has 0 aliphatic carbocycles. The molecule has 2 rings (SSSR count). The third kappa shape index (κ3) is 3.13. The summed E-state index contributed by atoms with van der Waals surface area (Å²) in [6.07, 6.45) is 0. The highest BCUT2D eigenvalue weighted by Crippen LogP contribution is 2.25. The highest BCUT2D eigenvalue weighted by molar-refractivity contribution is 9.10. The second-order valence-corrected chi connectivity index (χ2v) is 7.12. The predicted octanol–water partition coefficient (Wildman–Crippen LogP) is 3.45. The van der Waals surface area contributed by atoms with Gasteiger partial charge in [-0.1, -0.05) is 6.07 Å². The Morgan fingerprint density at radius 2 is 1.75 bits per heavy atom. The molecule has 0 fully saturated rings. The van der Waals surface area contributed by atoms with Gasteiger partial charge in [0, 0.05) is 15.8 Å². The molecule has 4 nitrogen and oxygen atoms in total.